The second kappa shape index (κ2) is 13.5. The summed E-state index contributed by atoms with van der Waals surface area (Å²) in [6.07, 6.45) is 4.24. The highest BCUT2D eigenvalue weighted by molar-refractivity contribution is 5.94. The van der Waals surface area contributed by atoms with Gasteiger partial charge in [-0.05, 0) is 59.7 Å². The zero-order valence-electron chi connectivity index (χ0n) is 22.9. The Kier molecular flexibility index (Phi) is 9.86. The monoisotopic (exact) mass is 594 g/mol. The standard InChI is InChI=1S/C30H26O13/c1-40-21-11-15(5-8-24(31)32)4-7-20(21)43-29(30(38)39)26(35)17-13-19(28(37)23(14-17)42-3)18-10-16(6-9-25(33)34)12-22(41-2)27(18)36/h4-14,35-37H,1-3H3,(H,31,32)(H,33,34)(H,38,39)/b8-5+,9-6+,29-26+. The Morgan fingerprint density at radius 1 is 0.628 bits per heavy atom. The molecule has 0 amide bonds. The number of carboxylic acid groups (broad SMARTS) is 3. The topological polar surface area (TPSA) is 210 Å². The van der Waals surface area contributed by atoms with Gasteiger partial charge < -0.3 is 49.6 Å². The molecule has 0 aliphatic heterocycles. The van der Waals surface area contributed by atoms with Crippen LogP contribution in [0, 0.1) is 0 Å². The Morgan fingerprint density at radius 3 is 1.67 bits per heavy atom. The van der Waals surface area contributed by atoms with Crippen molar-refractivity contribution in [2.24, 2.45) is 0 Å². The predicted molar refractivity (Wildman–Crippen MR) is 152 cm³/mol. The van der Waals surface area contributed by atoms with E-state index in [1.165, 1.54) is 63.8 Å². The minimum atomic E-state index is -1.69. The first-order chi connectivity index (χ1) is 20.4. The van der Waals surface area contributed by atoms with Crippen LogP contribution in [0.5, 0.6) is 34.5 Å². The van der Waals surface area contributed by atoms with Gasteiger partial charge in [-0.1, -0.05) is 6.07 Å². The lowest BCUT2D eigenvalue weighted by Crippen LogP contribution is -2.12. The fraction of sp³-hybridized carbons (Fsp3) is 0.100. The van der Waals surface area contributed by atoms with Crippen molar-refractivity contribution in [3.05, 3.63) is 77.1 Å². The molecule has 0 fully saturated rings. The number of carboxylic acids is 3. The van der Waals surface area contributed by atoms with Gasteiger partial charge in [0.25, 0.3) is 5.76 Å². The number of aromatic hydroxyl groups is 2. The quantitative estimate of drug-likeness (QED) is 0.127. The Balaban J connectivity index is 2.21. The van der Waals surface area contributed by atoms with Crippen LogP contribution in [0.1, 0.15) is 16.7 Å². The molecule has 3 rings (SSSR count). The van der Waals surface area contributed by atoms with E-state index in [1.54, 1.807) is 0 Å². The highest BCUT2D eigenvalue weighted by Crippen LogP contribution is 2.46. The van der Waals surface area contributed by atoms with E-state index in [1.807, 2.05) is 0 Å². The Hall–Kier alpha value is -6.11. The lowest BCUT2D eigenvalue weighted by Gasteiger charge is -2.17. The highest BCUT2D eigenvalue weighted by Gasteiger charge is 2.25. The number of aliphatic carboxylic acids is 3. The summed E-state index contributed by atoms with van der Waals surface area (Å²) in [6, 6.07) is 9.07. The van der Waals surface area contributed by atoms with Crippen LogP contribution < -0.4 is 18.9 Å². The third-order valence-corrected chi connectivity index (χ3v) is 5.82. The van der Waals surface area contributed by atoms with Gasteiger partial charge in [-0.25, -0.2) is 14.4 Å². The van der Waals surface area contributed by atoms with Crippen LogP contribution in [0.25, 0.3) is 29.0 Å². The first kappa shape index (κ1) is 31.4. The number of benzene rings is 3. The highest BCUT2D eigenvalue weighted by atomic mass is 16.5. The average molecular weight is 595 g/mol. The molecule has 43 heavy (non-hydrogen) atoms. The van der Waals surface area contributed by atoms with Crippen LogP contribution in [0.4, 0.5) is 0 Å². The maximum atomic E-state index is 12.2. The molecule has 6 N–H and O–H groups in total. The van der Waals surface area contributed by atoms with E-state index in [0.717, 1.165) is 24.3 Å². The number of phenols is 2. The van der Waals surface area contributed by atoms with Crippen molar-refractivity contribution in [3.8, 4) is 45.6 Å². The van der Waals surface area contributed by atoms with Gasteiger partial charge in [-0.15, -0.1) is 0 Å². The van der Waals surface area contributed by atoms with Crippen molar-refractivity contribution in [2.45, 2.75) is 0 Å². The van der Waals surface area contributed by atoms with E-state index < -0.39 is 40.9 Å². The minimum absolute atomic E-state index is 0.0197. The zero-order chi connectivity index (χ0) is 31.8. The molecule has 0 saturated heterocycles. The second-order valence-corrected chi connectivity index (χ2v) is 8.53. The molecule has 0 unspecified atom stereocenters. The van der Waals surface area contributed by atoms with Crippen LogP contribution in [0.3, 0.4) is 0 Å². The molecule has 3 aromatic carbocycles. The summed E-state index contributed by atoms with van der Waals surface area (Å²) in [5, 5.41) is 60.6. The van der Waals surface area contributed by atoms with E-state index in [-0.39, 0.29) is 45.3 Å². The molecule has 0 radical (unpaired) electrons. The third kappa shape index (κ3) is 7.35. The Labute approximate surface area is 244 Å². The molecule has 0 spiro atoms. The van der Waals surface area contributed by atoms with Crippen molar-refractivity contribution < 1.29 is 64.0 Å². The molecule has 224 valence electrons. The summed E-state index contributed by atoms with van der Waals surface area (Å²) >= 11 is 0. The van der Waals surface area contributed by atoms with E-state index in [4.69, 9.17) is 29.2 Å². The number of methoxy groups -OCH3 is 3. The fourth-order valence-corrected chi connectivity index (χ4v) is 3.83. The SMILES string of the molecule is COc1cc(/C=C/C(=O)O)ccc1O/C(C(=O)O)=C(/O)c1cc(OC)c(O)c(-c2cc(/C=C/C(=O)O)cc(OC)c2O)c1. The summed E-state index contributed by atoms with van der Waals surface area (Å²) in [7, 11) is 3.73. The van der Waals surface area contributed by atoms with Gasteiger partial charge in [-0.2, -0.15) is 0 Å². The lowest BCUT2D eigenvalue weighted by molar-refractivity contribution is -0.135. The molecule has 3 aromatic rings. The molecule has 0 aromatic heterocycles. The van der Waals surface area contributed by atoms with E-state index >= 15 is 0 Å². The summed E-state index contributed by atoms with van der Waals surface area (Å²) in [5.74, 6) is -7.33. The first-order valence-electron chi connectivity index (χ1n) is 12.1. The number of hydrogen-bond acceptors (Lipinski definition) is 10. The molecule has 0 atom stereocenters. The van der Waals surface area contributed by atoms with Crippen LogP contribution in [0.2, 0.25) is 0 Å². The predicted octanol–water partition coefficient (Wildman–Crippen LogP) is 4.38. The Morgan fingerprint density at radius 2 is 1.14 bits per heavy atom. The van der Waals surface area contributed by atoms with Crippen molar-refractivity contribution >= 4 is 35.8 Å². The van der Waals surface area contributed by atoms with Gasteiger partial charge >= 0.3 is 17.9 Å². The largest absolute Gasteiger partial charge is 0.504 e. The number of rotatable bonds is 12. The van der Waals surface area contributed by atoms with Crippen molar-refractivity contribution in [1.29, 1.82) is 0 Å². The smallest absolute Gasteiger partial charge is 0.375 e. The minimum Gasteiger partial charge on any atom is -0.504 e. The average Bonchev–Trinajstić information content (AvgIpc) is 2.98. The van der Waals surface area contributed by atoms with Crippen LogP contribution in [-0.4, -0.2) is 69.9 Å². The van der Waals surface area contributed by atoms with Gasteiger partial charge in [0, 0.05) is 28.8 Å². The fourth-order valence-electron chi connectivity index (χ4n) is 3.83. The third-order valence-electron chi connectivity index (χ3n) is 5.82. The summed E-state index contributed by atoms with van der Waals surface area (Å²) in [4.78, 5) is 34.0. The van der Waals surface area contributed by atoms with E-state index in [9.17, 15) is 34.8 Å². The second-order valence-electron chi connectivity index (χ2n) is 8.53. The summed E-state index contributed by atoms with van der Waals surface area (Å²) in [5.41, 5.74) is 0.240. The molecular weight excluding hydrogens is 568 g/mol. The van der Waals surface area contributed by atoms with Crippen LogP contribution in [0.15, 0.2) is 60.4 Å². The van der Waals surface area contributed by atoms with Crippen molar-refractivity contribution in [3.63, 3.8) is 0 Å². The van der Waals surface area contributed by atoms with Crippen molar-refractivity contribution in [1.82, 2.24) is 0 Å². The first-order valence-corrected chi connectivity index (χ1v) is 12.1. The maximum Gasteiger partial charge on any atom is 0.375 e. The van der Waals surface area contributed by atoms with Gasteiger partial charge in [0.1, 0.15) is 0 Å². The molecule has 13 nitrogen and oxygen atoms in total. The molecule has 13 heteroatoms. The molecular formula is C30H26O13. The molecule has 0 aliphatic rings. The van der Waals surface area contributed by atoms with Gasteiger partial charge in [-0.3, -0.25) is 0 Å². The van der Waals surface area contributed by atoms with Crippen LogP contribution >= 0.6 is 0 Å². The number of ether oxygens (including phenoxy) is 4. The van der Waals surface area contributed by atoms with Crippen molar-refractivity contribution in [2.75, 3.05) is 21.3 Å². The van der Waals surface area contributed by atoms with Gasteiger partial charge in [0.05, 0.1) is 21.3 Å². The number of hydrogen-bond donors (Lipinski definition) is 6. The lowest BCUT2D eigenvalue weighted by atomic mass is 9.96. The van der Waals surface area contributed by atoms with Gasteiger partial charge in [0.2, 0.25) is 0 Å². The molecule has 0 saturated carbocycles. The van der Waals surface area contributed by atoms with Crippen LogP contribution in [-0.2, 0) is 14.4 Å². The maximum absolute atomic E-state index is 12.2. The number of phenolic OH excluding ortho intramolecular Hbond substituents is 2. The summed E-state index contributed by atoms with van der Waals surface area (Å²) < 4.78 is 21.1. The molecule has 0 aliphatic carbocycles. The molecule has 0 bridgehead atoms. The number of aliphatic hydroxyl groups excluding tert-OH is 1. The summed E-state index contributed by atoms with van der Waals surface area (Å²) in [6.45, 7) is 0. The number of carbonyl (C=O) groups is 3. The van der Waals surface area contributed by atoms with Gasteiger partial charge in [0.15, 0.2) is 40.3 Å². The Bertz CT molecular complexity index is 1660. The zero-order valence-corrected chi connectivity index (χ0v) is 22.9. The molecule has 0 heterocycles. The number of aliphatic hydroxyl groups is 1. The normalized spacial score (nSPS) is 11.7. The van der Waals surface area contributed by atoms with E-state index in [0.29, 0.717) is 5.56 Å². The van der Waals surface area contributed by atoms with E-state index in [2.05, 4.69) is 0 Å².